The summed E-state index contributed by atoms with van der Waals surface area (Å²) in [6.07, 6.45) is 0. The molecular formula is C7H4ClNO3. The molecule has 4 nitrogen and oxygen atoms in total. The van der Waals surface area contributed by atoms with E-state index < -0.39 is 5.43 Å². The van der Waals surface area contributed by atoms with Crippen LogP contribution in [-0.2, 0) is 0 Å². The predicted octanol–water partition coefficient (Wildman–Crippen LogP) is 2.82. The van der Waals surface area contributed by atoms with Gasteiger partial charge in [0.25, 0.3) is 0 Å². The fourth-order valence-corrected chi connectivity index (χ4v) is 0.757. The van der Waals surface area contributed by atoms with Gasteiger partial charge in [-0.05, 0) is 29.4 Å². The van der Waals surface area contributed by atoms with Crippen molar-refractivity contribution in [2.24, 2.45) is 5.18 Å². The van der Waals surface area contributed by atoms with Crippen molar-refractivity contribution < 1.29 is 9.53 Å². The van der Waals surface area contributed by atoms with Gasteiger partial charge in [-0.3, -0.25) is 0 Å². The van der Waals surface area contributed by atoms with E-state index >= 15 is 0 Å². The number of carbonyl (C=O) groups is 1. The second-order valence-corrected chi connectivity index (χ2v) is 2.23. The Morgan fingerprint density at radius 2 is 1.92 bits per heavy atom. The number of hydrogen-bond acceptors (Lipinski definition) is 4. The highest BCUT2D eigenvalue weighted by molar-refractivity contribution is 6.61. The quantitative estimate of drug-likeness (QED) is 0.526. The van der Waals surface area contributed by atoms with Gasteiger partial charge in [0.2, 0.25) is 0 Å². The van der Waals surface area contributed by atoms with Gasteiger partial charge in [0, 0.05) is 11.6 Å². The lowest BCUT2D eigenvalue weighted by Crippen LogP contribution is -1.94. The fraction of sp³-hybridized carbons (Fsp3) is 0. The third-order valence-electron chi connectivity index (χ3n) is 1.14. The molecule has 62 valence electrons. The van der Waals surface area contributed by atoms with Crippen LogP contribution in [0.15, 0.2) is 29.4 Å². The van der Waals surface area contributed by atoms with Crippen LogP contribution in [-0.4, -0.2) is 5.43 Å². The number of hydrogen-bond donors (Lipinski definition) is 0. The highest BCUT2D eigenvalue weighted by Gasteiger charge is 1.98. The van der Waals surface area contributed by atoms with E-state index in [1.54, 1.807) is 0 Å². The van der Waals surface area contributed by atoms with Gasteiger partial charge >= 0.3 is 5.43 Å². The Labute approximate surface area is 73.1 Å². The van der Waals surface area contributed by atoms with E-state index in [2.05, 4.69) is 9.91 Å². The predicted molar refractivity (Wildman–Crippen MR) is 43.8 cm³/mol. The molecule has 5 heteroatoms. The van der Waals surface area contributed by atoms with Crippen LogP contribution in [0.2, 0.25) is 0 Å². The molecule has 0 bridgehead atoms. The van der Waals surface area contributed by atoms with E-state index in [0.717, 1.165) is 0 Å². The molecule has 0 heterocycles. The third kappa shape index (κ3) is 2.32. The summed E-state index contributed by atoms with van der Waals surface area (Å²) in [5, 5.41) is 2.67. The summed E-state index contributed by atoms with van der Waals surface area (Å²) in [4.78, 5) is 20.2. The summed E-state index contributed by atoms with van der Waals surface area (Å²) in [5.74, 6) is 0.280. The minimum atomic E-state index is -0.915. The minimum Gasteiger partial charge on any atom is -0.415 e. The SMILES string of the molecule is O=Nc1ccc(OC(=O)Cl)cc1. The van der Waals surface area contributed by atoms with Gasteiger partial charge in [0.05, 0.1) is 0 Å². The van der Waals surface area contributed by atoms with Crippen LogP contribution >= 0.6 is 11.6 Å². The van der Waals surface area contributed by atoms with E-state index in [4.69, 9.17) is 11.6 Å². The Morgan fingerprint density at radius 3 is 2.33 bits per heavy atom. The van der Waals surface area contributed by atoms with Crippen LogP contribution in [0.5, 0.6) is 5.75 Å². The van der Waals surface area contributed by atoms with Gasteiger partial charge in [-0.15, -0.1) is 4.91 Å². The molecular weight excluding hydrogens is 182 g/mol. The summed E-state index contributed by atoms with van der Waals surface area (Å²) >= 11 is 4.94. The Bertz CT molecular complexity index is 296. The van der Waals surface area contributed by atoms with E-state index in [1.165, 1.54) is 24.3 Å². The first-order valence-corrected chi connectivity index (χ1v) is 3.41. The maximum absolute atomic E-state index is 10.2. The van der Waals surface area contributed by atoms with E-state index in [9.17, 15) is 9.70 Å². The molecule has 1 rings (SSSR count). The molecule has 0 aliphatic carbocycles. The van der Waals surface area contributed by atoms with Crippen LogP contribution in [0.25, 0.3) is 0 Å². The van der Waals surface area contributed by atoms with Crippen LogP contribution in [0.4, 0.5) is 10.5 Å². The van der Waals surface area contributed by atoms with Gasteiger partial charge < -0.3 is 4.74 Å². The molecule has 0 aliphatic rings. The highest BCUT2D eigenvalue weighted by atomic mass is 35.5. The first-order valence-electron chi connectivity index (χ1n) is 3.03. The van der Waals surface area contributed by atoms with E-state index in [1.807, 2.05) is 0 Å². The lowest BCUT2D eigenvalue weighted by Gasteiger charge is -1.97. The van der Waals surface area contributed by atoms with Gasteiger partial charge in [-0.2, -0.15) is 0 Å². The Hall–Kier alpha value is -1.42. The molecule has 12 heavy (non-hydrogen) atoms. The number of nitroso groups, excluding NO2 is 1. The second kappa shape index (κ2) is 3.82. The average Bonchev–Trinajstić information content (AvgIpc) is 2.05. The van der Waals surface area contributed by atoms with Crippen LogP contribution < -0.4 is 4.74 Å². The topological polar surface area (TPSA) is 55.7 Å². The molecule has 0 aromatic heterocycles. The largest absolute Gasteiger partial charge is 0.415 e. The minimum absolute atomic E-state index is 0.268. The van der Waals surface area contributed by atoms with Crippen molar-refractivity contribution in [2.45, 2.75) is 0 Å². The molecule has 0 saturated heterocycles. The Morgan fingerprint density at radius 1 is 1.33 bits per heavy atom. The number of halogens is 1. The molecule has 0 unspecified atom stereocenters. The first-order chi connectivity index (χ1) is 5.72. The number of benzene rings is 1. The fourth-order valence-electron chi connectivity index (χ4n) is 0.668. The van der Waals surface area contributed by atoms with Gasteiger partial charge in [-0.25, -0.2) is 4.79 Å². The highest BCUT2D eigenvalue weighted by Crippen LogP contribution is 2.17. The maximum atomic E-state index is 10.2. The van der Waals surface area contributed by atoms with Crippen LogP contribution in [0.3, 0.4) is 0 Å². The molecule has 0 aliphatic heterocycles. The van der Waals surface area contributed by atoms with Crippen molar-refractivity contribution in [3.63, 3.8) is 0 Å². The zero-order valence-corrected chi connectivity index (χ0v) is 6.62. The maximum Gasteiger partial charge on any atom is 0.409 e. The van der Waals surface area contributed by atoms with Crippen molar-refractivity contribution in [1.82, 2.24) is 0 Å². The molecule has 0 N–H and O–H groups in total. The summed E-state index contributed by atoms with van der Waals surface area (Å²) in [7, 11) is 0. The summed E-state index contributed by atoms with van der Waals surface area (Å²) < 4.78 is 4.50. The molecule has 1 aromatic carbocycles. The van der Waals surface area contributed by atoms with E-state index in [0.29, 0.717) is 0 Å². The molecule has 0 amide bonds. The molecule has 0 saturated carbocycles. The Kier molecular flexibility index (Phi) is 2.76. The molecule has 0 spiro atoms. The van der Waals surface area contributed by atoms with Gasteiger partial charge in [-0.1, -0.05) is 0 Å². The average molecular weight is 186 g/mol. The van der Waals surface area contributed by atoms with Crippen molar-refractivity contribution in [3.8, 4) is 5.75 Å². The first kappa shape index (κ1) is 8.67. The van der Waals surface area contributed by atoms with Crippen molar-refractivity contribution in [1.29, 1.82) is 0 Å². The van der Waals surface area contributed by atoms with Crippen molar-refractivity contribution in [3.05, 3.63) is 29.2 Å². The summed E-state index contributed by atoms with van der Waals surface area (Å²) in [6, 6.07) is 5.69. The Balaban J connectivity index is 2.77. The zero-order valence-electron chi connectivity index (χ0n) is 5.86. The van der Waals surface area contributed by atoms with Crippen molar-refractivity contribution in [2.75, 3.05) is 0 Å². The molecule has 1 aromatic rings. The van der Waals surface area contributed by atoms with E-state index in [-0.39, 0.29) is 11.4 Å². The normalized spacial score (nSPS) is 9.08. The smallest absolute Gasteiger partial charge is 0.409 e. The summed E-state index contributed by atoms with van der Waals surface area (Å²) in [5.41, 5.74) is -0.647. The van der Waals surface area contributed by atoms with Crippen LogP contribution in [0, 0.1) is 4.91 Å². The third-order valence-corrected chi connectivity index (χ3v) is 1.22. The number of nitrogens with zero attached hydrogens (tertiary/aromatic N) is 1. The van der Waals surface area contributed by atoms with Crippen LogP contribution in [0.1, 0.15) is 0 Å². The van der Waals surface area contributed by atoms with Gasteiger partial charge in [0.1, 0.15) is 11.4 Å². The molecule has 0 radical (unpaired) electrons. The summed E-state index contributed by atoms with van der Waals surface area (Å²) in [6.45, 7) is 0. The lowest BCUT2D eigenvalue weighted by atomic mass is 10.3. The van der Waals surface area contributed by atoms with Crippen molar-refractivity contribution >= 4 is 22.7 Å². The second-order valence-electron chi connectivity index (χ2n) is 1.92. The molecule has 0 fully saturated rings. The zero-order chi connectivity index (χ0) is 8.97. The molecule has 0 atom stereocenters. The van der Waals surface area contributed by atoms with Gasteiger partial charge in [0.15, 0.2) is 0 Å². The lowest BCUT2D eigenvalue weighted by molar-refractivity contribution is 0.225. The monoisotopic (exact) mass is 185 g/mol. The number of ether oxygens (including phenoxy) is 1. The number of carbonyl (C=O) groups excluding carboxylic acids is 1. The standard InChI is InChI=1S/C7H4ClNO3/c8-7(10)12-6-3-1-5(9-11)2-4-6/h1-4H. The number of rotatable bonds is 2.